The number of thioether (sulfide) groups is 1. The van der Waals surface area contributed by atoms with Crippen LogP contribution in [0.4, 0.5) is 5.69 Å². The second-order valence-electron chi connectivity index (χ2n) is 6.20. The van der Waals surface area contributed by atoms with E-state index in [0.29, 0.717) is 12.3 Å². The van der Waals surface area contributed by atoms with E-state index in [1.807, 2.05) is 48.7 Å². The molecule has 3 aromatic rings. The maximum absolute atomic E-state index is 12.3. The van der Waals surface area contributed by atoms with Gasteiger partial charge in [0.2, 0.25) is 11.8 Å². The lowest BCUT2D eigenvalue weighted by Gasteiger charge is -2.28. The number of H-pyrrole nitrogens is 1. The van der Waals surface area contributed by atoms with Crippen molar-refractivity contribution in [3.8, 4) is 0 Å². The zero-order chi connectivity index (χ0) is 17.9. The number of carbonyl (C=O) groups is 2. The predicted octanol–water partition coefficient (Wildman–Crippen LogP) is 2.97. The number of fused-ring (bicyclic) bond motifs is 2. The van der Waals surface area contributed by atoms with E-state index in [1.54, 1.807) is 4.90 Å². The molecule has 0 unspecified atom stereocenters. The summed E-state index contributed by atoms with van der Waals surface area (Å²) in [5, 5.41) is 4.11. The molecule has 6 heteroatoms. The normalized spacial score (nSPS) is 13.7. The molecule has 0 aliphatic carbocycles. The van der Waals surface area contributed by atoms with Crippen LogP contribution < -0.4 is 10.2 Å². The van der Waals surface area contributed by atoms with Crippen molar-refractivity contribution < 1.29 is 9.59 Å². The number of rotatable bonds is 5. The van der Waals surface area contributed by atoms with E-state index >= 15 is 0 Å². The van der Waals surface area contributed by atoms with Crippen molar-refractivity contribution in [2.24, 2.45) is 0 Å². The third-order valence-electron chi connectivity index (χ3n) is 4.50. The van der Waals surface area contributed by atoms with Crippen LogP contribution >= 0.6 is 11.8 Å². The molecule has 1 aliphatic rings. The van der Waals surface area contributed by atoms with Crippen LogP contribution in [0.15, 0.2) is 59.6 Å². The topological polar surface area (TPSA) is 65.2 Å². The second kappa shape index (κ2) is 7.25. The van der Waals surface area contributed by atoms with Gasteiger partial charge in [-0.2, -0.15) is 0 Å². The van der Waals surface area contributed by atoms with Gasteiger partial charge in [-0.1, -0.05) is 30.3 Å². The van der Waals surface area contributed by atoms with Gasteiger partial charge in [-0.3, -0.25) is 9.59 Å². The summed E-state index contributed by atoms with van der Waals surface area (Å²) in [5.74, 6) is 0.208. The molecule has 4 rings (SSSR count). The lowest BCUT2D eigenvalue weighted by molar-refractivity contribution is -0.122. The number of amides is 2. The summed E-state index contributed by atoms with van der Waals surface area (Å²) >= 11 is 1.52. The van der Waals surface area contributed by atoms with Crippen LogP contribution in [0.3, 0.4) is 0 Å². The van der Waals surface area contributed by atoms with Crippen molar-refractivity contribution in [1.29, 1.82) is 0 Å². The Morgan fingerprint density at radius 2 is 1.96 bits per heavy atom. The summed E-state index contributed by atoms with van der Waals surface area (Å²) in [6.45, 7) is 0.601. The molecule has 5 nitrogen and oxygen atoms in total. The number of benzene rings is 2. The van der Waals surface area contributed by atoms with Crippen LogP contribution in [0.1, 0.15) is 5.56 Å². The Bertz CT molecular complexity index is 966. The Morgan fingerprint density at radius 3 is 2.88 bits per heavy atom. The van der Waals surface area contributed by atoms with Gasteiger partial charge in [0.05, 0.1) is 11.4 Å². The summed E-state index contributed by atoms with van der Waals surface area (Å²) in [4.78, 5) is 30.4. The fraction of sp³-hybridized carbons (Fsp3) is 0.200. The summed E-state index contributed by atoms with van der Waals surface area (Å²) in [6, 6.07) is 15.8. The molecule has 2 aromatic carbocycles. The molecule has 1 aromatic heterocycles. The molecule has 1 aliphatic heterocycles. The van der Waals surface area contributed by atoms with Crippen LogP contribution in [-0.4, -0.2) is 35.6 Å². The Balaban J connectivity index is 1.36. The number of aromatic amines is 1. The van der Waals surface area contributed by atoms with E-state index in [2.05, 4.69) is 16.4 Å². The molecule has 0 atom stereocenters. The molecule has 0 fully saturated rings. The van der Waals surface area contributed by atoms with Crippen LogP contribution in [0, 0.1) is 0 Å². The number of carbonyl (C=O) groups excluding carboxylic acids is 2. The molecule has 0 saturated heterocycles. The molecule has 2 N–H and O–H groups in total. The highest BCUT2D eigenvalue weighted by Crippen LogP contribution is 2.34. The fourth-order valence-electron chi connectivity index (χ4n) is 3.20. The minimum absolute atomic E-state index is 0.0273. The summed E-state index contributed by atoms with van der Waals surface area (Å²) in [6.07, 6.45) is 2.73. The van der Waals surface area contributed by atoms with E-state index in [1.165, 1.54) is 22.7 Å². The maximum atomic E-state index is 12.3. The Hall–Kier alpha value is -2.73. The number of hydrogen-bond acceptors (Lipinski definition) is 3. The van der Waals surface area contributed by atoms with Crippen LogP contribution in [0.5, 0.6) is 0 Å². The predicted molar refractivity (Wildman–Crippen MR) is 105 cm³/mol. The molecule has 0 saturated carbocycles. The van der Waals surface area contributed by atoms with E-state index < -0.39 is 0 Å². The van der Waals surface area contributed by atoms with Gasteiger partial charge in [-0.05, 0) is 30.2 Å². The molecule has 2 heterocycles. The average Bonchev–Trinajstić information content (AvgIpc) is 3.07. The number of para-hydroxylation sites is 2. The van der Waals surface area contributed by atoms with Gasteiger partial charge in [0.25, 0.3) is 0 Å². The number of anilines is 1. The van der Waals surface area contributed by atoms with Gasteiger partial charge in [0.1, 0.15) is 6.54 Å². The summed E-state index contributed by atoms with van der Waals surface area (Å²) < 4.78 is 0. The highest BCUT2D eigenvalue weighted by molar-refractivity contribution is 8.00. The number of hydrogen-bond donors (Lipinski definition) is 2. The molecule has 2 amide bonds. The summed E-state index contributed by atoms with van der Waals surface area (Å²) in [7, 11) is 0. The molecule has 26 heavy (non-hydrogen) atoms. The first-order valence-corrected chi connectivity index (χ1v) is 9.55. The molecule has 0 bridgehead atoms. The van der Waals surface area contributed by atoms with Crippen LogP contribution in [0.25, 0.3) is 10.9 Å². The SMILES string of the molecule is O=C(CN1C(=O)CSc2ccccc21)NCCc1c[nH]c2ccccc12. The fourth-order valence-corrected chi connectivity index (χ4v) is 4.14. The third-order valence-corrected chi connectivity index (χ3v) is 5.55. The number of nitrogens with zero attached hydrogens (tertiary/aromatic N) is 1. The Morgan fingerprint density at radius 1 is 1.15 bits per heavy atom. The van der Waals surface area contributed by atoms with Crippen molar-refractivity contribution in [3.05, 3.63) is 60.3 Å². The lowest BCUT2D eigenvalue weighted by Crippen LogP contribution is -2.43. The van der Waals surface area contributed by atoms with Crippen molar-refractivity contribution in [3.63, 3.8) is 0 Å². The van der Waals surface area contributed by atoms with Crippen molar-refractivity contribution >= 4 is 40.2 Å². The minimum Gasteiger partial charge on any atom is -0.361 e. The van der Waals surface area contributed by atoms with E-state index in [9.17, 15) is 9.59 Å². The molecule has 132 valence electrons. The quantitative estimate of drug-likeness (QED) is 0.731. The first kappa shape index (κ1) is 16.7. The maximum Gasteiger partial charge on any atom is 0.240 e. The van der Waals surface area contributed by atoms with Crippen molar-refractivity contribution in [2.75, 3.05) is 23.7 Å². The smallest absolute Gasteiger partial charge is 0.240 e. The van der Waals surface area contributed by atoms with Crippen LogP contribution in [0.2, 0.25) is 0 Å². The van der Waals surface area contributed by atoms with Gasteiger partial charge in [0.15, 0.2) is 0 Å². The average molecular weight is 365 g/mol. The second-order valence-corrected chi connectivity index (χ2v) is 7.21. The summed E-state index contributed by atoms with van der Waals surface area (Å²) in [5.41, 5.74) is 3.10. The van der Waals surface area contributed by atoms with Gasteiger partial charge in [-0.15, -0.1) is 11.8 Å². The zero-order valence-corrected chi connectivity index (χ0v) is 15.0. The first-order valence-electron chi connectivity index (χ1n) is 8.56. The zero-order valence-electron chi connectivity index (χ0n) is 14.2. The lowest BCUT2D eigenvalue weighted by atomic mass is 10.1. The minimum atomic E-state index is -0.139. The van der Waals surface area contributed by atoms with Crippen molar-refractivity contribution in [2.45, 2.75) is 11.3 Å². The first-order chi connectivity index (χ1) is 12.7. The van der Waals surface area contributed by atoms with E-state index in [0.717, 1.165) is 22.5 Å². The highest BCUT2D eigenvalue weighted by atomic mass is 32.2. The molecular formula is C20H19N3O2S. The van der Waals surface area contributed by atoms with E-state index in [4.69, 9.17) is 0 Å². The van der Waals surface area contributed by atoms with E-state index in [-0.39, 0.29) is 18.4 Å². The van der Waals surface area contributed by atoms with Gasteiger partial charge >= 0.3 is 0 Å². The standard InChI is InChI=1S/C20H19N3O2S/c24-19(12-23-17-7-3-4-8-18(17)26-13-20(23)25)21-10-9-14-11-22-16-6-2-1-5-15(14)16/h1-8,11,22H,9-10,12-13H2,(H,21,24). The molecule has 0 radical (unpaired) electrons. The van der Waals surface area contributed by atoms with Crippen LogP contribution in [-0.2, 0) is 16.0 Å². The number of nitrogens with one attached hydrogen (secondary N) is 2. The van der Waals surface area contributed by atoms with Gasteiger partial charge in [0, 0.05) is 28.5 Å². The third kappa shape index (κ3) is 3.32. The molecular weight excluding hydrogens is 346 g/mol. The van der Waals surface area contributed by atoms with Gasteiger partial charge < -0.3 is 15.2 Å². The largest absolute Gasteiger partial charge is 0.361 e. The molecule has 0 spiro atoms. The van der Waals surface area contributed by atoms with Gasteiger partial charge in [-0.25, -0.2) is 0 Å². The van der Waals surface area contributed by atoms with Crippen molar-refractivity contribution in [1.82, 2.24) is 10.3 Å². The Kier molecular flexibility index (Phi) is 4.67. The Labute approximate surface area is 155 Å². The number of aromatic nitrogens is 1. The highest BCUT2D eigenvalue weighted by Gasteiger charge is 2.25. The monoisotopic (exact) mass is 365 g/mol.